The molecule has 0 bridgehead atoms. The van der Waals surface area contributed by atoms with Crippen molar-refractivity contribution in [2.75, 3.05) is 7.11 Å². The smallest absolute Gasteiger partial charge is 0.337 e. The zero-order valence-corrected chi connectivity index (χ0v) is 21.7. The fraction of sp³-hybridized carbons (Fsp3) is 0.448. The number of H-pyrrole nitrogens is 1. The molecule has 6 heteroatoms. The van der Waals surface area contributed by atoms with E-state index in [0.717, 1.165) is 64.7 Å². The number of carbonyl (C=O) groups is 1. The number of aryl methyl sites for hydroxylation is 1. The minimum atomic E-state index is -0.373. The molecule has 35 heavy (non-hydrogen) atoms. The van der Waals surface area contributed by atoms with E-state index < -0.39 is 0 Å². The molecule has 0 saturated heterocycles. The van der Waals surface area contributed by atoms with Gasteiger partial charge < -0.3 is 14.3 Å². The van der Waals surface area contributed by atoms with Crippen molar-refractivity contribution >= 4 is 27.9 Å². The molecule has 1 N–H and O–H groups in total. The van der Waals surface area contributed by atoms with Crippen molar-refractivity contribution in [1.82, 2.24) is 14.5 Å². The SMILES string of the molecule is CCCC(C)(C)CC(CC)n1c(Cc2c(C)[nH]c3ccc(F)cc23)nc2cc(C(=O)OC)ccc21. The second-order valence-corrected chi connectivity index (χ2v) is 10.4. The van der Waals surface area contributed by atoms with Gasteiger partial charge in [-0.05, 0) is 73.6 Å². The Hall–Kier alpha value is -3.15. The van der Waals surface area contributed by atoms with Crippen molar-refractivity contribution in [3.8, 4) is 0 Å². The largest absolute Gasteiger partial charge is 0.465 e. The highest BCUT2D eigenvalue weighted by Gasteiger charge is 2.27. The molecule has 5 nitrogen and oxygen atoms in total. The van der Waals surface area contributed by atoms with Gasteiger partial charge in [0.1, 0.15) is 11.6 Å². The lowest BCUT2D eigenvalue weighted by Gasteiger charge is -2.31. The number of esters is 1. The van der Waals surface area contributed by atoms with Crippen LogP contribution in [0, 0.1) is 18.2 Å². The summed E-state index contributed by atoms with van der Waals surface area (Å²) in [5.74, 6) is 0.304. The summed E-state index contributed by atoms with van der Waals surface area (Å²) in [6.45, 7) is 11.1. The van der Waals surface area contributed by atoms with Crippen LogP contribution in [0.15, 0.2) is 36.4 Å². The average molecular weight is 478 g/mol. The average Bonchev–Trinajstić information content (AvgIpc) is 3.33. The summed E-state index contributed by atoms with van der Waals surface area (Å²) < 4.78 is 21.4. The van der Waals surface area contributed by atoms with Gasteiger partial charge in [0.05, 0.1) is 23.7 Å². The number of rotatable bonds is 9. The topological polar surface area (TPSA) is 59.9 Å². The summed E-state index contributed by atoms with van der Waals surface area (Å²) in [5, 5.41) is 0.885. The number of ether oxygens (including phenoxy) is 1. The van der Waals surface area contributed by atoms with Crippen molar-refractivity contribution in [2.24, 2.45) is 5.41 Å². The zero-order valence-electron chi connectivity index (χ0n) is 21.7. The lowest BCUT2D eigenvalue weighted by Crippen LogP contribution is -2.21. The number of nitrogens with one attached hydrogen (secondary N) is 1. The van der Waals surface area contributed by atoms with Crippen LogP contribution in [-0.2, 0) is 11.2 Å². The fourth-order valence-electron chi connectivity index (χ4n) is 5.50. The van der Waals surface area contributed by atoms with Crippen molar-refractivity contribution in [2.45, 2.75) is 72.8 Å². The molecule has 1 atom stereocenters. The van der Waals surface area contributed by atoms with Gasteiger partial charge in [0.15, 0.2) is 0 Å². The highest BCUT2D eigenvalue weighted by atomic mass is 19.1. The first kappa shape index (κ1) is 25.0. The van der Waals surface area contributed by atoms with E-state index >= 15 is 0 Å². The van der Waals surface area contributed by atoms with Gasteiger partial charge in [-0.2, -0.15) is 0 Å². The molecule has 0 aliphatic rings. The van der Waals surface area contributed by atoms with Gasteiger partial charge in [0.2, 0.25) is 0 Å². The number of aromatic amines is 1. The molecule has 0 aliphatic heterocycles. The summed E-state index contributed by atoms with van der Waals surface area (Å²) in [7, 11) is 1.39. The van der Waals surface area contributed by atoms with Crippen LogP contribution in [0.4, 0.5) is 4.39 Å². The van der Waals surface area contributed by atoms with Crippen LogP contribution in [0.5, 0.6) is 0 Å². The Kier molecular flexibility index (Phi) is 7.02. The van der Waals surface area contributed by atoms with Gasteiger partial charge >= 0.3 is 5.97 Å². The zero-order chi connectivity index (χ0) is 25.3. The van der Waals surface area contributed by atoms with Gasteiger partial charge in [0, 0.05) is 29.1 Å². The first-order valence-corrected chi connectivity index (χ1v) is 12.5. The molecule has 0 fully saturated rings. The van der Waals surface area contributed by atoms with Crippen LogP contribution in [-0.4, -0.2) is 27.6 Å². The van der Waals surface area contributed by atoms with Gasteiger partial charge in [0.25, 0.3) is 0 Å². The molecule has 0 aliphatic carbocycles. The van der Waals surface area contributed by atoms with E-state index in [1.165, 1.54) is 13.2 Å². The molecular formula is C29H36FN3O2. The number of halogens is 1. The van der Waals surface area contributed by atoms with E-state index in [1.807, 2.05) is 25.1 Å². The molecular weight excluding hydrogens is 441 g/mol. The number of fused-ring (bicyclic) bond motifs is 2. The summed E-state index contributed by atoms with van der Waals surface area (Å²) in [6.07, 6.45) is 4.85. The van der Waals surface area contributed by atoms with Crippen LogP contribution >= 0.6 is 0 Å². The number of carbonyl (C=O) groups excluding carboxylic acids is 1. The molecule has 0 saturated carbocycles. The molecule has 2 aromatic heterocycles. The number of aromatic nitrogens is 3. The van der Waals surface area contributed by atoms with Crippen LogP contribution in [0.1, 0.15) is 86.9 Å². The van der Waals surface area contributed by atoms with Gasteiger partial charge in [-0.1, -0.05) is 34.1 Å². The van der Waals surface area contributed by atoms with E-state index in [-0.39, 0.29) is 23.2 Å². The molecule has 1 unspecified atom stereocenters. The molecule has 4 rings (SSSR count). The number of methoxy groups -OCH3 is 1. The molecule has 2 aromatic carbocycles. The van der Waals surface area contributed by atoms with Crippen molar-refractivity contribution in [3.05, 3.63) is 64.9 Å². The molecule has 186 valence electrons. The number of benzene rings is 2. The Morgan fingerprint density at radius 3 is 2.66 bits per heavy atom. The third-order valence-corrected chi connectivity index (χ3v) is 7.15. The van der Waals surface area contributed by atoms with E-state index in [9.17, 15) is 9.18 Å². The van der Waals surface area contributed by atoms with E-state index in [0.29, 0.717) is 12.0 Å². The predicted octanol–water partition coefficient (Wildman–Crippen LogP) is 7.51. The number of imidazole rings is 1. The molecule has 0 amide bonds. The summed E-state index contributed by atoms with van der Waals surface area (Å²) in [6, 6.07) is 10.7. The monoisotopic (exact) mass is 477 g/mol. The maximum Gasteiger partial charge on any atom is 0.337 e. The Morgan fingerprint density at radius 2 is 1.97 bits per heavy atom. The highest BCUT2D eigenvalue weighted by molar-refractivity contribution is 5.94. The van der Waals surface area contributed by atoms with Crippen molar-refractivity contribution < 1.29 is 13.9 Å². The van der Waals surface area contributed by atoms with Crippen molar-refractivity contribution in [3.63, 3.8) is 0 Å². The Morgan fingerprint density at radius 1 is 1.20 bits per heavy atom. The van der Waals surface area contributed by atoms with Crippen LogP contribution < -0.4 is 0 Å². The Balaban J connectivity index is 1.87. The fourth-order valence-corrected chi connectivity index (χ4v) is 5.50. The second-order valence-electron chi connectivity index (χ2n) is 10.4. The maximum absolute atomic E-state index is 14.1. The summed E-state index contributed by atoms with van der Waals surface area (Å²) >= 11 is 0. The number of hydrogen-bond donors (Lipinski definition) is 1. The molecule has 0 radical (unpaired) electrons. The van der Waals surface area contributed by atoms with Crippen molar-refractivity contribution in [1.29, 1.82) is 0 Å². The third-order valence-electron chi connectivity index (χ3n) is 7.15. The predicted molar refractivity (Wildman–Crippen MR) is 140 cm³/mol. The maximum atomic E-state index is 14.1. The van der Waals surface area contributed by atoms with Crippen LogP contribution in [0.2, 0.25) is 0 Å². The van der Waals surface area contributed by atoms with Gasteiger partial charge in [-0.25, -0.2) is 14.2 Å². The Labute approximate surface area is 206 Å². The second kappa shape index (κ2) is 9.84. The first-order valence-electron chi connectivity index (χ1n) is 12.5. The lowest BCUT2D eigenvalue weighted by molar-refractivity contribution is 0.0601. The highest BCUT2D eigenvalue weighted by Crippen LogP contribution is 2.37. The standard InChI is InChI=1S/C29H36FN3O2/c1-7-13-29(4,5)17-21(8-2)33-26-12-9-19(28(34)35-6)14-25(26)32-27(33)16-22-18(3)31-24-11-10-20(30)15-23(22)24/h9-12,14-15,21,31H,7-8,13,16-17H2,1-6H3. The quantitative estimate of drug-likeness (QED) is 0.254. The molecule has 4 aromatic rings. The normalized spacial score (nSPS) is 13.0. The first-order chi connectivity index (χ1) is 16.7. The van der Waals surface area contributed by atoms with Crippen LogP contribution in [0.3, 0.4) is 0 Å². The minimum Gasteiger partial charge on any atom is -0.465 e. The minimum absolute atomic E-state index is 0.190. The third kappa shape index (κ3) is 4.97. The summed E-state index contributed by atoms with van der Waals surface area (Å²) in [5.41, 5.74) is 5.45. The van der Waals surface area contributed by atoms with E-state index in [2.05, 4.69) is 37.2 Å². The number of hydrogen-bond acceptors (Lipinski definition) is 3. The Bertz CT molecular complexity index is 1370. The molecule has 0 spiro atoms. The molecule has 2 heterocycles. The lowest BCUT2D eigenvalue weighted by atomic mass is 9.81. The van der Waals surface area contributed by atoms with Gasteiger partial charge in [-0.3, -0.25) is 0 Å². The number of nitrogens with zero attached hydrogens (tertiary/aromatic N) is 2. The van der Waals surface area contributed by atoms with Gasteiger partial charge in [-0.15, -0.1) is 0 Å². The van der Waals surface area contributed by atoms with E-state index in [1.54, 1.807) is 12.1 Å². The van der Waals surface area contributed by atoms with E-state index in [4.69, 9.17) is 9.72 Å². The summed E-state index contributed by atoms with van der Waals surface area (Å²) in [4.78, 5) is 20.6. The van der Waals surface area contributed by atoms with Crippen LogP contribution in [0.25, 0.3) is 21.9 Å².